The summed E-state index contributed by atoms with van der Waals surface area (Å²) in [5, 5.41) is 124. The Labute approximate surface area is 552 Å². The van der Waals surface area contributed by atoms with Crippen LogP contribution < -0.4 is 159 Å². The number of hydrogen-bond donors (Lipinski definition) is 14. The van der Waals surface area contributed by atoms with Crippen molar-refractivity contribution < 1.29 is 223 Å². The van der Waals surface area contributed by atoms with E-state index in [-0.39, 0.29) is 189 Å². The van der Waals surface area contributed by atoms with Crippen LogP contribution in [0, 0.1) is 0 Å². The number of anilines is 8. The summed E-state index contributed by atoms with van der Waals surface area (Å²) in [5.74, 6) is -2.76. The Morgan fingerprint density at radius 1 is 0.650 bits per heavy atom. The first kappa shape index (κ1) is 78.6. The minimum Gasteiger partial charge on any atom is -0.748 e. The van der Waals surface area contributed by atoms with Crippen LogP contribution in [-0.4, -0.2) is 229 Å². The van der Waals surface area contributed by atoms with E-state index in [1.165, 1.54) is 49.3 Å². The van der Waals surface area contributed by atoms with Crippen LogP contribution in [0.4, 0.5) is 47.1 Å². The van der Waals surface area contributed by atoms with Gasteiger partial charge in [-0.1, -0.05) is 18.2 Å². The number of nitrogens with zero attached hydrogens (tertiary/aromatic N) is 8. The molecule has 2 aromatic carbocycles. The van der Waals surface area contributed by atoms with Crippen LogP contribution in [-0.2, 0) is 41.0 Å². The molecule has 4 rings (SSSR count). The molecule has 0 bridgehead atoms. The number of rotatable bonds is 33. The molecule has 4 aromatic rings. The van der Waals surface area contributed by atoms with Crippen molar-refractivity contribution in [2.24, 2.45) is 0 Å². The Hall–Kier alpha value is -1.44. The first-order valence-electron chi connectivity index (χ1n) is 21.6. The van der Waals surface area contributed by atoms with Gasteiger partial charge in [-0.15, -0.1) is 0 Å². The molecule has 0 aliphatic rings. The van der Waals surface area contributed by atoms with Crippen molar-refractivity contribution in [2.75, 3.05) is 96.1 Å². The second kappa shape index (κ2) is 37.9. The van der Waals surface area contributed by atoms with Crippen LogP contribution in [0.15, 0.2) is 41.3 Å². The van der Waals surface area contributed by atoms with Crippen LogP contribution in [0.5, 0.6) is 5.75 Å². The number of aromatic nitrogens is 6. The summed E-state index contributed by atoms with van der Waals surface area (Å²) < 4.78 is 105. The van der Waals surface area contributed by atoms with Crippen LogP contribution in [0.25, 0.3) is 12.2 Å². The SMILES string of the molecule is CN(CC(O)C(O)C(O)C(O)CO)c1nc(NCCSOO[O-])nc(Nc2ccc(C=Cc3ccc(Nc4nc(NCCS(=O)(=O)[O-])nc(N(C)CC(O)C(O)C(O)C(O)CO)n4)cc3OS(=O)[O-])c(S(=O)(=O)[O-])c2)n1.[Na+].[Na+].[Na+].[Na+]. The summed E-state index contributed by atoms with van der Waals surface area (Å²) >= 11 is -2.60. The summed E-state index contributed by atoms with van der Waals surface area (Å²) in [6.07, 6.45) is -12.7. The smallest absolute Gasteiger partial charge is 0.748 e. The van der Waals surface area contributed by atoms with Crippen molar-refractivity contribution in [3.05, 3.63) is 47.5 Å². The fourth-order valence-electron chi connectivity index (χ4n) is 6.25. The van der Waals surface area contributed by atoms with E-state index < -0.39 is 130 Å². The quantitative estimate of drug-likeness (QED) is 0.00308. The van der Waals surface area contributed by atoms with Gasteiger partial charge in [0.2, 0.25) is 35.7 Å². The van der Waals surface area contributed by atoms with Crippen molar-refractivity contribution >= 4 is 103 Å². The molecule has 42 heteroatoms. The average Bonchev–Trinajstić information content (AvgIpc) is 3.36. The molecule has 14 N–H and O–H groups in total. The molecule has 0 amide bonds. The number of likely N-dealkylation sites (N-methyl/N-ethyl adjacent to an activating group) is 2. The van der Waals surface area contributed by atoms with Crippen LogP contribution in [0.2, 0.25) is 0 Å². The average molecular weight is 1250 g/mol. The van der Waals surface area contributed by atoms with Gasteiger partial charge in [0.1, 0.15) is 76.1 Å². The summed E-state index contributed by atoms with van der Waals surface area (Å²) in [6.45, 7) is -3.30. The van der Waals surface area contributed by atoms with Crippen LogP contribution >= 0.6 is 12.0 Å². The zero-order valence-electron chi connectivity index (χ0n) is 43.5. The fourth-order valence-corrected chi connectivity index (χ4v) is 7.88. The van der Waals surface area contributed by atoms with E-state index in [2.05, 4.69) is 60.5 Å². The number of nitrogens with one attached hydrogen (secondary N) is 4. The van der Waals surface area contributed by atoms with Gasteiger partial charge in [0.25, 0.3) is 0 Å². The molecule has 424 valence electrons. The summed E-state index contributed by atoms with van der Waals surface area (Å²) in [7, 11) is -7.33. The first-order chi connectivity index (χ1) is 35.7. The van der Waals surface area contributed by atoms with Gasteiger partial charge in [-0.25, -0.2) is 21.0 Å². The number of benzene rings is 2. The number of hydrogen-bond acceptors (Lipinski definition) is 35. The van der Waals surface area contributed by atoms with E-state index in [0.29, 0.717) is 12.0 Å². The minimum atomic E-state index is -5.29. The first-order valence-corrected chi connectivity index (χ1v) is 26.5. The Bertz CT molecular complexity index is 2820. The molecule has 0 spiro atoms. The normalized spacial score (nSPS) is 14.9. The third-order valence-corrected chi connectivity index (χ3v) is 12.5. The topological polar surface area (TPSA) is 540 Å². The van der Waals surface area contributed by atoms with E-state index in [1.807, 2.05) is 0 Å². The summed E-state index contributed by atoms with van der Waals surface area (Å²) in [4.78, 5) is 26.6. The van der Waals surface area contributed by atoms with Crippen molar-refractivity contribution in [2.45, 2.75) is 53.7 Å². The largest absolute Gasteiger partial charge is 1.00 e. The van der Waals surface area contributed by atoms with Crippen molar-refractivity contribution in [3.63, 3.8) is 0 Å². The molecule has 9 unspecified atom stereocenters. The maximum atomic E-state index is 12.7. The van der Waals surface area contributed by atoms with E-state index in [9.17, 15) is 80.8 Å². The summed E-state index contributed by atoms with van der Waals surface area (Å²) in [5.41, 5.74) is -0.313. The Morgan fingerprint density at radius 2 is 1.07 bits per heavy atom. The third-order valence-electron chi connectivity index (χ3n) is 10.1. The molecule has 0 radical (unpaired) electrons. The molecular weight excluding hydrogens is 1200 g/mol. The predicted molar refractivity (Wildman–Crippen MR) is 260 cm³/mol. The molecule has 0 saturated carbocycles. The molecular formula is C38H52N12Na4O22S4. The standard InChI is InChI=1S/C38H56N12O22S4.4Na/c1-49(15-23(53)29(57)31(59)25(55)17-51)37-45-33(39-9-11-73-72-71-61)43-36(48-37)42-22-8-6-20(28(14-22)76(67,68)69)4-3-19-5-7-21(13-27(19)70-74(62)63)41-35-44-34(40-10-12-75(64,65)66)46-38(47-35)50(2)16-24(54)30(58)32(60)26(56)18-52;;;;/h3-8,13-14,23-26,29-32,51-61H,9-12,15-18H2,1-2H3,(H,62,63)(H,64,65,66)(H,67,68,69)(H2,39,42,43,45,48)(H2,40,41,44,46,47);;;;/q;4*+1/p-4. The Morgan fingerprint density at radius 3 is 1.51 bits per heavy atom. The van der Waals surface area contributed by atoms with Gasteiger partial charge >= 0.3 is 118 Å². The molecule has 80 heavy (non-hydrogen) atoms. The van der Waals surface area contributed by atoms with Gasteiger partial charge in [0, 0.05) is 81.1 Å². The zero-order chi connectivity index (χ0) is 56.5. The van der Waals surface area contributed by atoms with E-state index in [4.69, 9.17) is 14.4 Å². The minimum absolute atomic E-state index is 0. The van der Waals surface area contributed by atoms with Crippen molar-refractivity contribution in [3.8, 4) is 5.75 Å². The van der Waals surface area contributed by atoms with E-state index in [1.54, 1.807) is 0 Å². The van der Waals surface area contributed by atoms with Gasteiger partial charge in [0.05, 0.1) is 34.0 Å². The molecule has 0 aliphatic heterocycles. The number of aliphatic hydroxyl groups excluding tert-OH is 10. The molecule has 2 heterocycles. The third kappa shape index (κ3) is 26.0. The van der Waals surface area contributed by atoms with Crippen LogP contribution in [0.1, 0.15) is 11.1 Å². The van der Waals surface area contributed by atoms with Gasteiger partial charge in [-0.2, -0.15) is 34.2 Å². The predicted octanol–water partition coefficient (Wildman–Crippen LogP) is -18.2. The molecule has 2 aromatic heterocycles. The Balaban J connectivity index is 0.0000156. The maximum Gasteiger partial charge on any atom is 1.00 e. The van der Waals surface area contributed by atoms with Gasteiger partial charge < -0.3 is 105 Å². The van der Waals surface area contributed by atoms with Crippen LogP contribution in [0.3, 0.4) is 0 Å². The number of aliphatic hydroxyl groups is 10. The van der Waals surface area contributed by atoms with Crippen molar-refractivity contribution in [1.29, 1.82) is 0 Å². The molecule has 0 fully saturated rings. The van der Waals surface area contributed by atoms with E-state index in [0.717, 1.165) is 23.1 Å². The van der Waals surface area contributed by atoms with Gasteiger partial charge in [-0.3, -0.25) is 5.04 Å². The molecule has 9 atom stereocenters. The van der Waals surface area contributed by atoms with E-state index >= 15 is 0 Å². The monoisotopic (exact) mass is 1250 g/mol. The summed E-state index contributed by atoms with van der Waals surface area (Å²) in [6, 6.07) is 7.14. The fraction of sp³-hybridized carbons (Fsp3) is 0.474. The second-order valence-corrected chi connectivity index (χ2v) is 20.1. The zero-order valence-corrected chi connectivity index (χ0v) is 54.7. The Kier molecular flexibility index (Phi) is 37.2. The maximum absolute atomic E-state index is 12.7. The molecule has 0 aliphatic carbocycles. The second-order valence-electron chi connectivity index (χ2n) is 15.8. The molecule has 34 nitrogen and oxygen atoms in total. The molecule has 0 saturated heterocycles. The van der Waals surface area contributed by atoms with Crippen molar-refractivity contribution in [1.82, 2.24) is 29.9 Å². The van der Waals surface area contributed by atoms with Gasteiger partial charge in [0.15, 0.2) is 0 Å². The van der Waals surface area contributed by atoms with Gasteiger partial charge in [-0.05, 0) is 29.8 Å².